The van der Waals surface area contributed by atoms with Crippen LogP contribution in [0.2, 0.25) is 0 Å². The maximum absolute atomic E-state index is 14.4. The largest absolute Gasteiger partial charge is 0.416 e. The first-order valence-corrected chi connectivity index (χ1v) is 9.67. The van der Waals surface area contributed by atoms with Gasteiger partial charge >= 0.3 is 5.97 Å². The summed E-state index contributed by atoms with van der Waals surface area (Å²) < 4.78 is 19.6. The highest BCUT2D eigenvalue weighted by Gasteiger charge is 2.40. The second-order valence-corrected chi connectivity index (χ2v) is 8.03. The lowest BCUT2D eigenvalue weighted by Crippen LogP contribution is -2.38. The van der Waals surface area contributed by atoms with E-state index < -0.39 is 6.04 Å². The molecule has 0 amide bonds. The molecule has 2 aromatic rings. The Kier molecular flexibility index (Phi) is 6.13. The number of halogens is 2. The Bertz CT molecular complexity index is 865. The summed E-state index contributed by atoms with van der Waals surface area (Å²) in [5.41, 5.74) is 1.52. The zero-order valence-electron chi connectivity index (χ0n) is 14.9. The van der Waals surface area contributed by atoms with Gasteiger partial charge in [-0.1, -0.05) is 18.2 Å². The van der Waals surface area contributed by atoms with Gasteiger partial charge in [-0.2, -0.15) is 0 Å². The van der Waals surface area contributed by atoms with E-state index in [0.29, 0.717) is 23.7 Å². The molecular weight excluding hydrogens is 433 g/mol. The number of esters is 1. The van der Waals surface area contributed by atoms with Crippen molar-refractivity contribution in [3.63, 3.8) is 0 Å². The number of rotatable bonds is 5. The van der Waals surface area contributed by atoms with Crippen molar-refractivity contribution in [3.8, 4) is 5.06 Å². The molecule has 2 heterocycles. The van der Waals surface area contributed by atoms with Gasteiger partial charge in [0.05, 0.1) is 6.04 Å². The van der Waals surface area contributed by atoms with Gasteiger partial charge in [0.25, 0.3) is 0 Å². The monoisotopic (exact) mass is 453 g/mol. The van der Waals surface area contributed by atoms with E-state index in [1.165, 1.54) is 29.2 Å². The van der Waals surface area contributed by atoms with Gasteiger partial charge in [-0.05, 0) is 37.0 Å². The average molecular weight is 454 g/mol. The molecule has 7 heteroatoms. The van der Waals surface area contributed by atoms with Crippen LogP contribution in [0, 0.1) is 11.7 Å². The Labute approximate surface area is 172 Å². The lowest BCUT2D eigenvalue weighted by Gasteiger charge is -2.34. The van der Waals surface area contributed by atoms with E-state index in [1.807, 2.05) is 6.07 Å². The number of Topliss-reactive ketones (excluding diaryl/α,β-unsaturated/α-hetero) is 1. The summed E-state index contributed by atoms with van der Waals surface area (Å²) in [7, 11) is 0. The van der Waals surface area contributed by atoms with E-state index in [-0.39, 0.29) is 40.5 Å². The van der Waals surface area contributed by atoms with Crippen molar-refractivity contribution in [3.05, 3.63) is 52.2 Å². The number of ether oxygens (including phenoxy) is 1. The summed E-state index contributed by atoms with van der Waals surface area (Å²) >= 11 is 1.47. The molecule has 0 saturated heterocycles. The van der Waals surface area contributed by atoms with Crippen molar-refractivity contribution in [2.45, 2.75) is 38.8 Å². The predicted molar refractivity (Wildman–Crippen MR) is 107 cm³/mol. The molecular formula is C20H21BrFNO3S. The minimum absolute atomic E-state index is 0. The molecule has 1 aromatic heterocycles. The smallest absolute Gasteiger partial charge is 0.308 e. The van der Waals surface area contributed by atoms with Crippen LogP contribution in [0.25, 0.3) is 0 Å². The highest BCUT2D eigenvalue weighted by atomic mass is 79.9. The topological polar surface area (TPSA) is 46.6 Å². The third-order valence-corrected chi connectivity index (χ3v) is 6.05. The van der Waals surface area contributed by atoms with Crippen LogP contribution in [0.5, 0.6) is 5.06 Å². The molecule has 1 aromatic carbocycles. The van der Waals surface area contributed by atoms with Crippen molar-refractivity contribution >= 4 is 40.1 Å². The molecule has 2 aliphatic rings. The second-order valence-electron chi connectivity index (χ2n) is 6.93. The molecule has 1 aliphatic carbocycles. The van der Waals surface area contributed by atoms with Crippen LogP contribution in [-0.2, 0) is 22.6 Å². The Hall–Kier alpha value is -1.57. The molecule has 4 rings (SSSR count). The number of ketones is 1. The molecule has 27 heavy (non-hydrogen) atoms. The molecule has 0 bridgehead atoms. The van der Waals surface area contributed by atoms with Crippen molar-refractivity contribution in [1.82, 2.24) is 4.90 Å². The molecule has 144 valence electrons. The fraction of sp³-hybridized carbons (Fsp3) is 0.400. The zero-order valence-corrected chi connectivity index (χ0v) is 17.5. The van der Waals surface area contributed by atoms with Crippen LogP contribution in [0.3, 0.4) is 0 Å². The van der Waals surface area contributed by atoms with Crippen LogP contribution in [0.4, 0.5) is 4.39 Å². The maximum Gasteiger partial charge on any atom is 0.308 e. The summed E-state index contributed by atoms with van der Waals surface area (Å²) in [6.07, 6.45) is 2.57. The number of carbonyl (C=O) groups is 2. The lowest BCUT2D eigenvalue weighted by atomic mass is 9.95. The first-order valence-electron chi connectivity index (χ1n) is 8.85. The van der Waals surface area contributed by atoms with Gasteiger partial charge in [-0.15, -0.1) is 28.3 Å². The first-order chi connectivity index (χ1) is 12.5. The maximum atomic E-state index is 14.4. The van der Waals surface area contributed by atoms with E-state index >= 15 is 0 Å². The van der Waals surface area contributed by atoms with Gasteiger partial charge in [0, 0.05) is 36.4 Å². The van der Waals surface area contributed by atoms with Crippen LogP contribution in [0.1, 0.15) is 41.8 Å². The molecule has 4 nitrogen and oxygen atoms in total. The number of carbonyl (C=O) groups excluding carboxylic acids is 2. The zero-order chi connectivity index (χ0) is 18.3. The fourth-order valence-corrected chi connectivity index (χ4v) is 4.61. The number of benzene rings is 1. The number of hydrogen-bond donors (Lipinski definition) is 0. The molecule has 0 radical (unpaired) electrons. The van der Waals surface area contributed by atoms with Crippen LogP contribution >= 0.6 is 28.3 Å². The average Bonchev–Trinajstić information content (AvgIpc) is 3.37. The SMILES string of the molecule is Br.CC(=O)Oc1cc2c(s1)CCN(C(C(=O)C1CC1)c1ccccc1F)C2. The number of fused-ring (bicyclic) bond motifs is 1. The first kappa shape index (κ1) is 20.2. The summed E-state index contributed by atoms with van der Waals surface area (Å²) in [5, 5.41) is 0.584. The van der Waals surface area contributed by atoms with E-state index in [0.717, 1.165) is 24.8 Å². The Morgan fingerprint density at radius 3 is 2.70 bits per heavy atom. The molecule has 1 atom stereocenters. The van der Waals surface area contributed by atoms with Crippen molar-refractivity contribution < 1.29 is 18.7 Å². The van der Waals surface area contributed by atoms with Crippen LogP contribution < -0.4 is 4.74 Å². The minimum atomic E-state index is -0.547. The highest BCUT2D eigenvalue weighted by Crippen LogP contribution is 2.41. The van der Waals surface area contributed by atoms with Gasteiger partial charge < -0.3 is 4.74 Å². The van der Waals surface area contributed by atoms with E-state index in [9.17, 15) is 14.0 Å². The molecule has 1 fully saturated rings. The third-order valence-electron chi connectivity index (χ3n) is 4.93. The molecule has 1 aliphatic heterocycles. The van der Waals surface area contributed by atoms with Gasteiger partial charge in [0.1, 0.15) is 5.82 Å². The third kappa shape index (κ3) is 4.31. The van der Waals surface area contributed by atoms with Gasteiger partial charge in [0.15, 0.2) is 10.8 Å². The minimum Gasteiger partial charge on any atom is -0.416 e. The molecule has 0 N–H and O–H groups in total. The second kappa shape index (κ2) is 8.20. The number of thiophene rings is 1. The molecule has 1 unspecified atom stereocenters. The Balaban J connectivity index is 0.00000210. The van der Waals surface area contributed by atoms with Crippen LogP contribution in [0.15, 0.2) is 30.3 Å². The summed E-state index contributed by atoms with van der Waals surface area (Å²) in [4.78, 5) is 27.4. The number of hydrogen-bond acceptors (Lipinski definition) is 5. The van der Waals surface area contributed by atoms with Crippen molar-refractivity contribution in [2.24, 2.45) is 5.92 Å². The van der Waals surface area contributed by atoms with E-state index in [4.69, 9.17) is 4.74 Å². The van der Waals surface area contributed by atoms with E-state index in [2.05, 4.69) is 4.90 Å². The lowest BCUT2D eigenvalue weighted by molar-refractivity contribution is -0.131. The number of nitrogens with zero attached hydrogens (tertiary/aromatic N) is 1. The Morgan fingerprint density at radius 1 is 1.30 bits per heavy atom. The predicted octanol–water partition coefficient (Wildman–Crippen LogP) is 4.47. The van der Waals surface area contributed by atoms with E-state index in [1.54, 1.807) is 18.2 Å². The normalized spacial score (nSPS) is 17.6. The fourth-order valence-electron chi connectivity index (χ4n) is 3.56. The standard InChI is InChI=1S/C20H20FNO3S.BrH/c1-12(23)25-18-10-14-11-22(9-8-17(14)26-18)19(20(24)13-6-7-13)15-4-2-3-5-16(15)21;/h2-5,10,13,19H,6-9,11H2,1H3;1H. The summed E-state index contributed by atoms with van der Waals surface area (Å²) in [6, 6.07) is 7.89. The van der Waals surface area contributed by atoms with Crippen LogP contribution in [-0.4, -0.2) is 23.2 Å². The van der Waals surface area contributed by atoms with Gasteiger partial charge in [0.2, 0.25) is 0 Å². The summed E-state index contributed by atoms with van der Waals surface area (Å²) in [5.74, 6) is -0.495. The molecule has 0 spiro atoms. The quantitative estimate of drug-likeness (QED) is 0.626. The summed E-state index contributed by atoms with van der Waals surface area (Å²) in [6.45, 7) is 2.63. The van der Waals surface area contributed by atoms with Crippen molar-refractivity contribution in [2.75, 3.05) is 6.54 Å². The molecule has 1 saturated carbocycles. The van der Waals surface area contributed by atoms with Gasteiger partial charge in [-0.25, -0.2) is 4.39 Å². The highest BCUT2D eigenvalue weighted by molar-refractivity contribution is 8.93. The van der Waals surface area contributed by atoms with Gasteiger partial charge in [-0.3, -0.25) is 14.5 Å². The Morgan fingerprint density at radius 2 is 2.04 bits per heavy atom. The van der Waals surface area contributed by atoms with Crippen molar-refractivity contribution in [1.29, 1.82) is 0 Å².